The van der Waals surface area contributed by atoms with Crippen molar-refractivity contribution in [2.75, 3.05) is 20.1 Å². The van der Waals surface area contributed by atoms with Gasteiger partial charge in [-0.3, -0.25) is 0 Å². The molecule has 0 aromatic carbocycles. The van der Waals surface area contributed by atoms with Crippen LogP contribution in [0.15, 0.2) is 4.60 Å². The van der Waals surface area contributed by atoms with E-state index in [4.69, 9.17) is 10.7 Å². The van der Waals surface area contributed by atoms with Crippen LogP contribution in [0.5, 0.6) is 0 Å². The van der Waals surface area contributed by atoms with Crippen LogP contribution < -0.4 is 5.73 Å². The number of halogens is 1. The van der Waals surface area contributed by atoms with Crippen molar-refractivity contribution < 1.29 is 0 Å². The number of nitrogens with two attached hydrogens (primary N) is 1. The van der Waals surface area contributed by atoms with Crippen LogP contribution in [0.3, 0.4) is 0 Å². The van der Waals surface area contributed by atoms with Gasteiger partial charge in [0.05, 0.1) is 5.69 Å². The molecule has 1 aromatic heterocycles. The Labute approximate surface area is 110 Å². The molecule has 5 heteroatoms. The van der Waals surface area contributed by atoms with E-state index in [2.05, 4.69) is 32.4 Å². The summed E-state index contributed by atoms with van der Waals surface area (Å²) in [5, 5.41) is 0. The molecule has 0 amide bonds. The Hall–Kier alpha value is -0.390. The Morgan fingerprint density at radius 1 is 1.35 bits per heavy atom. The molecule has 1 aromatic rings. The van der Waals surface area contributed by atoms with Crippen molar-refractivity contribution in [3.05, 3.63) is 16.1 Å². The maximum absolute atomic E-state index is 6.19. The molecule has 4 nitrogen and oxygen atoms in total. The molecular formula is C12H19BrN4. The van der Waals surface area contributed by atoms with Crippen LogP contribution in [0, 0.1) is 0 Å². The zero-order valence-electron chi connectivity index (χ0n) is 10.2. The van der Waals surface area contributed by atoms with E-state index < -0.39 is 0 Å². The summed E-state index contributed by atoms with van der Waals surface area (Å²) < 4.78 is 3.33. The molecule has 0 aliphatic carbocycles. The van der Waals surface area contributed by atoms with Crippen molar-refractivity contribution in [2.45, 2.75) is 37.8 Å². The minimum Gasteiger partial charge on any atom is -0.329 e. The van der Waals surface area contributed by atoms with E-state index >= 15 is 0 Å². The van der Waals surface area contributed by atoms with E-state index in [0.29, 0.717) is 5.92 Å². The van der Waals surface area contributed by atoms with Crippen LogP contribution in [-0.4, -0.2) is 34.6 Å². The summed E-state index contributed by atoms with van der Waals surface area (Å²) in [4.78, 5) is 7.11. The van der Waals surface area contributed by atoms with Crippen molar-refractivity contribution >= 4 is 15.9 Å². The second-order valence-electron chi connectivity index (χ2n) is 5.29. The molecule has 0 saturated carbocycles. The van der Waals surface area contributed by atoms with Gasteiger partial charge in [0.15, 0.2) is 0 Å². The highest BCUT2D eigenvalue weighted by molar-refractivity contribution is 9.10. The van der Waals surface area contributed by atoms with Crippen LogP contribution in [-0.2, 0) is 6.54 Å². The van der Waals surface area contributed by atoms with Crippen LogP contribution >= 0.6 is 15.9 Å². The molecule has 2 aliphatic rings. The maximum Gasteiger partial charge on any atom is 0.129 e. The van der Waals surface area contributed by atoms with Gasteiger partial charge in [0.25, 0.3) is 0 Å². The van der Waals surface area contributed by atoms with Gasteiger partial charge in [0, 0.05) is 25.0 Å². The average molecular weight is 299 g/mol. The molecule has 0 spiro atoms. The largest absolute Gasteiger partial charge is 0.329 e. The van der Waals surface area contributed by atoms with E-state index in [1.807, 2.05) is 0 Å². The Morgan fingerprint density at radius 3 is 2.88 bits per heavy atom. The van der Waals surface area contributed by atoms with Crippen molar-refractivity contribution in [3.8, 4) is 0 Å². The fourth-order valence-electron chi connectivity index (χ4n) is 3.10. The van der Waals surface area contributed by atoms with Crippen LogP contribution in [0.25, 0.3) is 0 Å². The summed E-state index contributed by atoms with van der Waals surface area (Å²) in [5.74, 6) is 1.82. The van der Waals surface area contributed by atoms with Gasteiger partial charge in [-0.2, -0.15) is 0 Å². The lowest BCUT2D eigenvalue weighted by molar-refractivity contribution is 0.401. The highest BCUT2D eigenvalue weighted by Gasteiger charge is 2.30. The van der Waals surface area contributed by atoms with Crippen LogP contribution in [0.4, 0.5) is 0 Å². The second-order valence-corrected chi connectivity index (χ2v) is 6.05. The molecule has 3 heterocycles. The number of nitrogens with zero attached hydrogens (tertiary/aromatic N) is 3. The zero-order valence-corrected chi connectivity index (χ0v) is 11.8. The van der Waals surface area contributed by atoms with Crippen molar-refractivity contribution in [1.29, 1.82) is 0 Å². The smallest absolute Gasteiger partial charge is 0.129 e. The summed E-state index contributed by atoms with van der Waals surface area (Å²) >= 11 is 3.58. The number of hydrogen-bond acceptors (Lipinski definition) is 3. The first kappa shape index (κ1) is 11.7. The van der Waals surface area contributed by atoms with E-state index in [-0.39, 0.29) is 6.04 Å². The summed E-state index contributed by atoms with van der Waals surface area (Å²) in [5.41, 5.74) is 7.39. The first-order valence-corrected chi connectivity index (χ1v) is 7.16. The Morgan fingerprint density at radius 2 is 2.18 bits per heavy atom. The number of likely N-dealkylation sites (tertiary alicyclic amines) is 1. The van der Waals surface area contributed by atoms with Gasteiger partial charge < -0.3 is 15.2 Å². The fourth-order valence-corrected chi connectivity index (χ4v) is 3.79. The minimum absolute atomic E-state index is 0.151. The first-order chi connectivity index (χ1) is 8.16. The molecule has 2 unspecified atom stereocenters. The zero-order chi connectivity index (χ0) is 12.0. The average Bonchev–Trinajstić information content (AvgIpc) is 2.84. The SMILES string of the molecule is CN1CCC(c2nc(Br)c3n2CCCC3N)C1. The number of fused-ring (bicyclic) bond motifs is 1. The van der Waals surface area contributed by atoms with Crippen molar-refractivity contribution in [1.82, 2.24) is 14.5 Å². The molecule has 2 N–H and O–H groups in total. The van der Waals surface area contributed by atoms with Gasteiger partial charge in [-0.15, -0.1) is 0 Å². The van der Waals surface area contributed by atoms with E-state index in [1.54, 1.807) is 0 Å². The Kier molecular flexibility index (Phi) is 3.00. The minimum atomic E-state index is 0.151. The van der Waals surface area contributed by atoms with Gasteiger partial charge in [0.1, 0.15) is 10.4 Å². The monoisotopic (exact) mass is 298 g/mol. The third-order valence-electron chi connectivity index (χ3n) is 4.00. The molecule has 2 aliphatic heterocycles. The molecule has 17 heavy (non-hydrogen) atoms. The lowest BCUT2D eigenvalue weighted by Crippen LogP contribution is -2.24. The summed E-state index contributed by atoms with van der Waals surface area (Å²) in [6, 6.07) is 0.151. The summed E-state index contributed by atoms with van der Waals surface area (Å²) in [7, 11) is 2.18. The normalized spacial score (nSPS) is 29.6. The standard InChI is InChI=1S/C12H19BrN4/c1-16-6-4-8(7-16)12-15-11(13)10-9(14)3-2-5-17(10)12/h8-9H,2-7,14H2,1H3. The number of likely N-dealkylation sites (N-methyl/N-ethyl adjacent to an activating group) is 1. The van der Waals surface area contributed by atoms with E-state index in [1.165, 1.54) is 30.9 Å². The van der Waals surface area contributed by atoms with Gasteiger partial charge in [-0.1, -0.05) is 0 Å². The number of hydrogen-bond donors (Lipinski definition) is 1. The van der Waals surface area contributed by atoms with Gasteiger partial charge >= 0.3 is 0 Å². The number of aromatic nitrogens is 2. The summed E-state index contributed by atoms with van der Waals surface area (Å²) in [6.07, 6.45) is 3.47. The van der Waals surface area contributed by atoms with Gasteiger partial charge in [-0.25, -0.2) is 4.98 Å². The molecule has 1 saturated heterocycles. The molecule has 2 atom stereocenters. The molecule has 3 rings (SSSR count). The quantitative estimate of drug-likeness (QED) is 0.861. The molecule has 0 bridgehead atoms. The Bertz CT molecular complexity index is 428. The maximum atomic E-state index is 6.19. The molecule has 1 fully saturated rings. The lowest BCUT2D eigenvalue weighted by Gasteiger charge is -2.23. The van der Waals surface area contributed by atoms with E-state index in [9.17, 15) is 0 Å². The lowest BCUT2D eigenvalue weighted by atomic mass is 10.0. The first-order valence-electron chi connectivity index (χ1n) is 6.36. The van der Waals surface area contributed by atoms with E-state index in [0.717, 1.165) is 24.1 Å². The van der Waals surface area contributed by atoms with Crippen LogP contribution in [0.1, 0.15) is 42.7 Å². The second kappa shape index (κ2) is 4.37. The third kappa shape index (κ3) is 1.94. The molecule has 94 valence electrons. The topological polar surface area (TPSA) is 47.1 Å². The van der Waals surface area contributed by atoms with Gasteiger partial charge in [-0.05, 0) is 48.8 Å². The number of rotatable bonds is 1. The predicted octanol–water partition coefficient (Wildman–Crippen LogP) is 1.86. The third-order valence-corrected chi connectivity index (χ3v) is 4.58. The van der Waals surface area contributed by atoms with Crippen molar-refractivity contribution in [2.24, 2.45) is 5.73 Å². The number of imidazole rings is 1. The molecular weight excluding hydrogens is 280 g/mol. The van der Waals surface area contributed by atoms with Crippen LogP contribution in [0.2, 0.25) is 0 Å². The predicted molar refractivity (Wildman–Crippen MR) is 70.9 cm³/mol. The molecule has 0 radical (unpaired) electrons. The highest BCUT2D eigenvalue weighted by atomic mass is 79.9. The fraction of sp³-hybridized carbons (Fsp3) is 0.750. The van der Waals surface area contributed by atoms with Gasteiger partial charge in [0.2, 0.25) is 0 Å². The highest BCUT2D eigenvalue weighted by Crippen LogP contribution is 2.35. The van der Waals surface area contributed by atoms with Crippen molar-refractivity contribution in [3.63, 3.8) is 0 Å². The Balaban J connectivity index is 1.98. The summed E-state index contributed by atoms with van der Waals surface area (Å²) in [6.45, 7) is 3.38.